The van der Waals surface area contributed by atoms with Gasteiger partial charge < -0.3 is 15.2 Å². The van der Waals surface area contributed by atoms with Gasteiger partial charge in [0.2, 0.25) is 0 Å². The quantitative estimate of drug-likeness (QED) is 0.776. The highest BCUT2D eigenvalue weighted by Crippen LogP contribution is 2.28. The molecule has 90 valence electrons. The summed E-state index contributed by atoms with van der Waals surface area (Å²) in [6, 6.07) is 5.95. The zero-order chi connectivity index (χ0) is 12.0. The summed E-state index contributed by atoms with van der Waals surface area (Å²) in [7, 11) is 1.64. The van der Waals surface area contributed by atoms with Crippen molar-refractivity contribution in [1.29, 1.82) is 0 Å². The summed E-state index contributed by atoms with van der Waals surface area (Å²) in [6.45, 7) is 2.59. The number of hydrogen-bond acceptors (Lipinski definition) is 4. The second-order valence-electron chi connectivity index (χ2n) is 3.40. The fraction of sp³-hybridized carbons (Fsp3) is 0.500. The van der Waals surface area contributed by atoms with E-state index in [9.17, 15) is 0 Å². The van der Waals surface area contributed by atoms with Gasteiger partial charge in [-0.25, -0.2) is 0 Å². The Kier molecular flexibility index (Phi) is 5.49. The number of hydrogen-bond donors (Lipinski definition) is 1. The fourth-order valence-electron chi connectivity index (χ4n) is 1.43. The number of benzene rings is 1. The SMILES string of the molecule is CCOc1cc(CC(N)SC)ccc1OC. The zero-order valence-corrected chi connectivity index (χ0v) is 10.8. The van der Waals surface area contributed by atoms with Crippen LogP contribution in [0.4, 0.5) is 0 Å². The third-order valence-electron chi connectivity index (χ3n) is 2.27. The largest absolute Gasteiger partial charge is 0.493 e. The summed E-state index contributed by atoms with van der Waals surface area (Å²) in [5.74, 6) is 1.55. The van der Waals surface area contributed by atoms with E-state index in [0.29, 0.717) is 6.61 Å². The van der Waals surface area contributed by atoms with Gasteiger partial charge in [-0.1, -0.05) is 6.07 Å². The highest BCUT2D eigenvalue weighted by molar-refractivity contribution is 7.99. The van der Waals surface area contributed by atoms with Crippen molar-refractivity contribution < 1.29 is 9.47 Å². The molecule has 0 heterocycles. The van der Waals surface area contributed by atoms with Gasteiger partial charge in [0.1, 0.15) is 0 Å². The molecule has 0 radical (unpaired) electrons. The molecule has 0 saturated heterocycles. The maximum absolute atomic E-state index is 5.89. The number of methoxy groups -OCH3 is 1. The van der Waals surface area contributed by atoms with Gasteiger partial charge in [-0.15, -0.1) is 11.8 Å². The van der Waals surface area contributed by atoms with Crippen LogP contribution in [0.15, 0.2) is 18.2 Å². The Balaban J connectivity index is 2.84. The first kappa shape index (κ1) is 13.2. The molecule has 0 aliphatic rings. The van der Waals surface area contributed by atoms with Gasteiger partial charge in [0.05, 0.1) is 19.1 Å². The van der Waals surface area contributed by atoms with Gasteiger partial charge in [0.25, 0.3) is 0 Å². The second kappa shape index (κ2) is 6.66. The minimum atomic E-state index is 0.128. The Morgan fingerprint density at radius 1 is 1.38 bits per heavy atom. The van der Waals surface area contributed by atoms with Gasteiger partial charge in [0, 0.05) is 0 Å². The van der Waals surface area contributed by atoms with E-state index < -0.39 is 0 Å². The first-order valence-corrected chi connectivity index (χ1v) is 6.58. The lowest BCUT2D eigenvalue weighted by Crippen LogP contribution is -2.17. The highest BCUT2D eigenvalue weighted by Gasteiger charge is 2.07. The number of ether oxygens (including phenoxy) is 2. The maximum atomic E-state index is 5.89. The molecule has 16 heavy (non-hydrogen) atoms. The van der Waals surface area contributed by atoms with Crippen molar-refractivity contribution in [2.45, 2.75) is 18.7 Å². The molecule has 0 fully saturated rings. The Hall–Kier alpha value is -0.870. The Bertz CT molecular complexity index is 331. The normalized spacial score (nSPS) is 12.2. The van der Waals surface area contributed by atoms with Crippen LogP contribution >= 0.6 is 11.8 Å². The molecule has 1 rings (SSSR count). The van der Waals surface area contributed by atoms with E-state index >= 15 is 0 Å². The summed E-state index contributed by atoms with van der Waals surface area (Å²) in [5.41, 5.74) is 7.06. The van der Waals surface area contributed by atoms with Crippen molar-refractivity contribution in [3.8, 4) is 11.5 Å². The monoisotopic (exact) mass is 241 g/mol. The van der Waals surface area contributed by atoms with E-state index in [0.717, 1.165) is 17.9 Å². The van der Waals surface area contributed by atoms with Crippen molar-refractivity contribution >= 4 is 11.8 Å². The molecular weight excluding hydrogens is 222 g/mol. The lowest BCUT2D eigenvalue weighted by Gasteiger charge is -2.13. The van der Waals surface area contributed by atoms with E-state index in [1.807, 2.05) is 31.4 Å². The van der Waals surface area contributed by atoms with Crippen molar-refractivity contribution in [2.24, 2.45) is 5.73 Å². The smallest absolute Gasteiger partial charge is 0.161 e. The van der Waals surface area contributed by atoms with Crippen LogP contribution in [0.25, 0.3) is 0 Å². The van der Waals surface area contributed by atoms with E-state index in [1.165, 1.54) is 5.56 Å². The van der Waals surface area contributed by atoms with Crippen LogP contribution in [0.5, 0.6) is 11.5 Å². The Morgan fingerprint density at radius 2 is 2.12 bits per heavy atom. The summed E-state index contributed by atoms with van der Waals surface area (Å²) >= 11 is 1.65. The third kappa shape index (κ3) is 3.61. The summed E-state index contributed by atoms with van der Waals surface area (Å²) in [6.07, 6.45) is 2.85. The van der Waals surface area contributed by atoms with Gasteiger partial charge in [-0.3, -0.25) is 0 Å². The molecule has 0 bridgehead atoms. The van der Waals surface area contributed by atoms with Crippen LogP contribution in [0.1, 0.15) is 12.5 Å². The standard InChI is InChI=1S/C12H19NO2S/c1-4-15-11-7-9(8-12(13)16-3)5-6-10(11)14-2/h5-7,12H,4,8,13H2,1-3H3. The van der Waals surface area contributed by atoms with Crippen molar-refractivity contribution in [3.63, 3.8) is 0 Å². The number of nitrogens with two attached hydrogens (primary N) is 1. The topological polar surface area (TPSA) is 44.5 Å². The lowest BCUT2D eigenvalue weighted by molar-refractivity contribution is 0.310. The van der Waals surface area contributed by atoms with E-state index in [4.69, 9.17) is 15.2 Å². The predicted octanol–water partition coefficient (Wildman–Crippen LogP) is 2.28. The van der Waals surface area contributed by atoms with Gasteiger partial charge in [0.15, 0.2) is 11.5 Å². The molecule has 0 aromatic heterocycles. The zero-order valence-electron chi connectivity index (χ0n) is 10.0. The molecule has 0 aliphatic heterocycles. The van der Waals surface area contributed by atoms with E-state index in [-0.39, 0.29) is 5.37 Å². The summed E-state index contributed by atoms with van der Waals surface area (Å²) in [4.78, 5) is 0. The molecule has 1 atom stereocenters. The van der Waals surface area contributed by atoms with Gasteiger partial charge in [-0.2, -0.15) is 0 Å². The van der Waals surface area contributed by atoms with Crippen LogP contribution in [-0.2, 0) is 6.42 Å². The minimum absolute atomic E-state index is 0.128. The Labute approximate surface area is 101 Å². The molecule has 2 N–H and O–H groups in total. The van der Waals surface area contributed by atoms with Crippen molar-refractivity contribution in [2.75, 3.05) is 20.0 Å². The van der Waals surface area contributed by atoms with Crippen molar-refractivity contribution in [1.82, 2.24) is 0 Å². The van der Waals surface area contributed by atoms with Crippen molar-refractivity contribution in [3.05, 3.63) is 23.8 Å². The number of rotatable bonds is 6. The average Bonchev–Trinajstić information content (AvgIpc) is 2.30. The molecule has 1 unspecified atom stereocenters. The van der Waals surface area contributed by atoms with Crippen LogP contribution < -0.4 is 15.2 Å². The predicted molar refractivity (Wildman–Crippen MR) is 69.4 cm³/mol. The lowest BCUT2D eigenvalue weighted by atomic mass is 10.1. The second-order valence-corrected chi connectivity index (χ2v) is 4.47. The molecular formula is C12H19NO2S. The fourth-order valence-corrected chi connectivity index (χ4v) is 1.79. The molecule has 0 saturated carbocycles. The molecule has 0 aliphatic carbocycles. The van der Waals surface area contributed by atoms with Gasteiger partial charge in [-0.05, 0) is 37.3 Å². The first-order valence-electron chi connectivity index (χ1n) is 5.29. The summed E-state index contributed by atoms with van der Waals surface area (Å²) < 4.78 is 10.7. The van der Waals surface area contributed by atoms with E-state index in [1.54, 1.807) is 18.9 Å². The molecule has 1 aromatic rings. The molecule has 1 aromatic carbocycles. The maximum Gasteiger partial charge on any atom is 0.161 e. The molecule has 4 heteroatoms. The summed E-state index contributed by atoms with van der Waals surface area (Å²) in [5, 5.41) is 0.128. The van der Waals surface area contributed by atoms with Crippen LogP contribution in [0.3, 0.4) is 0 Å². The first-order chi connectivity index (χ1) is 7.71. The minimum Gasteiger partial charge on any atom is -0.493 e. The van der Waals surface area contributed by atoms with Crippen LogP contribution in [0.2, 0.25) is 0 Å². The van der Waals surface area contributed by atoms with Gasteiger partial charge >= 0.3 is 0 Å². The molecule has 0 amide bonds. The number of thioether (sulfide) groups is 1. The Morgan fingerprint density at radius 3 is 2.69 bits per heavy atom. The average molecular weight is 241 g/mol. The third-order valence-corrected chi connectivity index (χ3v) is 3.04. The van der Waals surface area contributed by atoms with Crippen LogP contribution in [0, 0.1) is 0 Å². The van der Waals surface area contributed by atoms with E-state index in [2.05, 4.69) is 0 Å². The highest BCUT2D eigenvalue weighted by atomic mass is 32.2. The molecule has 0 spiro atoms. The molecule has 3 nitrogen and oxygen atoms in total. The van der Waals surface area contributed by atoms with Crippen LogP contribution in [-0.4, -0.2) is 25.3 Å².